The third kappa shape index (κ3) is 3.24. The van der Waals surface area contributed by atoms with E-state index in [2.05, 4.69) is 21.2 Å². The fourth-order valence-electron chi connectivity index (χ4n) is 1.49. The average molecular weight is 344 g/mol. The van der Waals surface area contributed by atoms with Crippen molar-refractivity contribution in [1.29, 1.82) is 0 Å². The zero-order chi connectivity index (χ0) is 14.0. The van der Waals surface area contributed by atoms with Crippen molar-refractivity contribution in [3.05, 3.63) is 57.3 Å². The molecule has 2 aromatic rings. The van der Waals surface area contributed by atoms with Crippen LogP contribution in [0, 0.1) is 5.82 Å². The summed E-state index contributed by atoms with van der Waals surface area (Å²) in [6, 6.07) is 8.88. The van der Waals surface area contributed by atoms with Gasteiger partial charge in [0.2, 0.25) is 0 Å². The van der Waals surface area contributed by atoms with Gasteiger partial charge in [0.25, 0.3) is 5.91 Å². The lowest BCUT2D eigenvalue weighted by molar-refractivity contribution is 0.102. The topological polar surface area (TPSA) is 55.1 Å². The fourth-order valence-corrected chi connectivity index (χ4v) is 2.01. The number of carbonyl (C=O) groups excluding carboxylic acids is 1. The molecule has 0 bridgehead atoms. The van der Waals surface area contributed by atoms with Gasteiger partial charge in [-0.2, -0.15) is 0 Å². The SMILES string of the molecule is Nc1ccc(C(=O)Nc2ccc(Br)c(F)c2)c(Cl)c1. The molecule has 2 aromatic carbocycles. The minimum Gasteiger partial charge on any atom is -0.399 e. The summed E-state index contributed by atoms with van der Waals surface area (Å²) in [5, 5.41) is 2.81. The molecule has 0 atom stereocenters. The number of anilines is 2. The quantitative estimate of drug-likeness (QED) is 0.807. The van der Waals surface area contributed by atoms with Gasteiger partial charge in [-0.05, 0) is 52.3 Å². The first-order valence-corrected chi connectivity index (χ1v) is 6.46. The Morgan fingerprint density at radius 3 is 2.63 bits per heavy atom. The molecular formula is C13H9BrClFN2O. The summed E-state index contributed by atoms with van der Waals surface area (Å²) < 4.78 is 13.7. The molecule has 0 aliphatic carbocycles. The molecule has 0 aliphatic heterocycles. The average Bonchev–Trinajstić information content (AvgIpc) is 2.33. The van der Waals surface area contributed by atoms with Gasteiger partial charge in [0.05, 0.1) is 15.1 Å². The van der Waals surface area contributed by atoms with E-state index in [9.17, 15) is 9.18 Å². The molecule has 6 heteroatoms. The molecule has 0 saturated heterocycles. The number of halogens is 3. The van der Waals surface area contributed by atoms with E-state index in [1.807, 2.05) is 0 Å². The Hall–Kier alpha value is -1.59. The van der Waals surface area contributed by atoms with Crippen LogP contribution in [0.1, 0.15) is 10.4 Å². The van der Waals surface area contributed by atoms with Crippen LogP contribution in [0.4, 0.5) is 15.8 Å². The predicted octanol–water partition coefficient (Wildman–Crippen LogP) is 4.08. The smallest absolute Gasteiger partial charge is 0.257 e. The third-order valence-corrected chi connectivity index (χ3v) is 3.37. The maximum absolute atomic E-state index is 13.3. The van der Waals surface area contributed by atoms with Crippen LogP contribution in [0.3, 0.4) is 0 Å². The number of carbonyl (C=O) groups is 1. The number of nitrogens with one attached hydrogen (secondary N) is 1. The number of nitrogen functional groups attached to an aromatic ring is 1. The van der Waals surface area contributed by atoms with E-state index >= 15 is 0 Å². The van der Waals surface area contributed by atoms with Crippen LogP contribution < -0.4 is 11.1 Å². The van der Waals surface area contributed by atoms with Crippen LogP contribution in [-0.2, 0) is 0 Å². The molecule has 0 fully saturated rings. The van der Waals surface area contributed by atoms with Crippen molar-refractivity contribution in [2.24, 2.45) is 0 Å². The highest BCUT2D eigenvalue weighted by atomic mass is 79.9. The highest BCUT2D eigenvalue weighted by Crippen LogP contribution is 2.22. The van der Waals surface area contributed by atoms with Crippen molar-refractivity contribution in [2.75, 3.05) is 11.1 Å². The van der Waals surface area contributed by atoms with Crippen molar-refractivity contribution >= 4 is 44.8 Å². The van der Waals surface area contributed by atoms with Crippen molar-refractivity contribution < 1.29 is 9.18 Å². The molecule has 1 amide bonds. The predicted molar refractivity (Wildman–Crippen MR) is 77.9 cm³/mol. The second-order valence-electron chi connectivity index (χ2n) is 3.82. The van der Waals surface area contributed by atoms with Crippen LogP contribution in [0.5, 0.6) is 0 Å². The lowest BCUT2D eigenvalue weighted by Gasteiger charge is -2.08. The number of hydrogen-bond acceptors (Lipinski definition) is 2. The van der Waals surface area contributed by atoms with Crippen LogP contribution in [0.25, 0.3) is 0 Å². The maximum Gasteiger partial charge on any atom is 0.257 e. The van der Waals surface area contributed by atoms with Crippen LogP contribution in [-0.4, -0.2) is 5.91 Å². The third-order valence-electron chi connectivity index (χ3n) is 2.42. The number of benzene rings is 2. The second kappa shape index (κ2) is 5.59. The summed E-state index contributed by atoms with van der Waals surface area (Å²) in [5.41, 5.74) is 6.64. The van der Waals surface area contributed by atoms with Crippen molar-refractivity contribution in [1.82, 2.24) is 0 Å². The zero-order valence-corrected chi connectivity index (χ0v) is 11.9. The van der Waals surface area contributed by atoms with Gasteiger partial charge in [-0.25, -0.2) is 4.39 Å². The summed E-state index contributed by atoms with van der Waals surface area (Å²) in [6.07, 6.45) is 0. The van der Waals surface area contributed by atoms with Crippen molar-refractivity contribution in [3.63, 3.8) is 0 Å². The van der Waals surface area contributed by atoms with Gasteiger partial charge in [-0.15, -0.1) is 0 Å². The van der Waals surface area contributed by atoms with Gasteiger partial charge < -0.3 is 11.1 Å². The summed E-state index contributed by atoms with van der Waals surface area (Å²) in [5.74, 6) is -0.882. The fraction of sp³-hybridized carbons (Fsp3) is 0. The zero-order valence-electron chi connectivity index (χ0n) is 9.58. The Bertz CT molecular complexity index is 649. The normalized spacial score (nSPS) is 10.3. The van der Waals surface area contributed by atoms with Gasteiger partial charge in [-0.1, -0.05) is 11.6 Å². The van der Waals surface area contributed by atoms with Crippen LogP contribution in [0.15, 0.2) is 40.9 Å². The Labute approximate surface area is 122 Å². The molecule has 0 unspecified atom stereocenters. The summed E-state index contributed by atoms with van der Waals surface area (Å²) >= 11 is 8.96. The van der Waals surface area contributed by atoms with E-state index in [0.29, 0.717) is 15.8 Å². The Morgan fingerprint density at radius 1 is 1.26 bits per heavy atom. The molecule has 0 radical (unpaired) electrons. The first-order valence-electron chi connectivity index (χ1n) is 5.29. The molecular weight excluding hydrogens is 335 g/mol. The summed E-state index contributed by atoms with van der Waals surface area (Å²) in [7, 11) is 0. The van der Waals surface area contributed by atoms with Crippen LogP contribution in [0.2, 0.25) is 5.02 Å². The van der Waals surface area contributed by atoms with E-state index in [1.165, 1.54) is 24.3 Å². The van der Waals surface area contributed by atoms with Crippen molar-refractivity contribution in [2.45, 2.75) is 0 Å². The second-order valence-corrected chi connectivity index (χ2v) is 5.08. The number of amides is 1. The monoisotopic (exact) mass is 342 g/mol. The van der Waals surface area contributed by atoms with E-state index in [-0.39, 0.29) is 10.6 Å². The first-order chi connectivity index (χ1) is 8.97. The van der Waals surface area contributed by atoms with Gasteiger partial charge in [0.1, 0.15) is 5.82 Å². The van der Waals surface area contributed by atoms with E-state index < -0.39 is 11.7 Å². The molecule has 0 aromatic heterocycles. The van der Waals surface area contributed by atoms with E-state index in [1.54, 1.807) is 12.1 Å². The standard InChI is InChI=1S/C13H9BrClFN2O/c14-10-4-2-8(6-12(10)16)18-13(19)9-3-1-7(17)5-11(9)15/h1-6H,17H2,(H,18,19). The first kappa shape index (κ1) is 13.8. The molecule has 0 spiro atoms. The van der Waals surface area contributed by atoms with Gasteiger partial charge in [-0.3, -0.25) is 4.79 Å². The van der Waals surface area contributed by atoms with Crippen LogP contribution >= 0.6 is 27.5 Å². The van der Waals surface area contributed by atoms with Gasteiger partial charge >= 0.3 is 0 Å². The summed E-state index contributed by atoms with van der Waals surface area (Å²) in [4.78, 5) is 12.0. The molecule has 98 valence electrons. The maximum atomic E-state index is 13.3. The van der Waals surface area contributed by atoms with E-state index in [0.717, 1.165) is 0 Å². The Balaban J connectivity index is 2.23. The molecule has 0 saturated carbocycles. The molecule has 3 N–H and O–H groups in total. The number of hydrogen-bond donors (Lipinski definition) is 2. The van der Waals surface area contributed by atoms with Gasteiger partial charge in [0.15, 0.2) is 0 Å². The Kier molecular flexibility index (Phi) is 4.07. The molecule has 0 heterocycles. The number of rotatable bonds is 2. The minimum absolute atomic E-state index is 0.245. The molecule has 2 rings (SSSR count). The largest absolute Gasteiger partial charge is 0.399 e. The number of nitrogens with two attached hydrogens (primary N) is 1. The lowest BCUT2D eigenvalue weighted by Crippen LogP contribution is -2.12. The molecule has 19 heavy (non-hydrogen) atoms. The minimum atomic E-state index is -0.457. The summed E-state index contributed by atoms with van der Waals surface area (Å²) in [6.45, 7) is 0. The van der Waals surface area contributed by atoms with Gasteiger partial charge in [0, 0.05) is 11.4 Å². The molecule has 3 nitrogen and oxygen atoms in total. The molecule has 0 aliphatic rings. The lowest BCUT2D eigenvalue weighted by atomic mass is 10.2. The highest BCUT2D eigenvalue weighted by Gasteiger charge is 2.11. The highest BCUT2D eigenvalue weighted by molar-refractivity contribution is 9.10. The Morgan fingerprint density at radius 2 is 2.00 bits per heavy atom. The van der Waals surface area contributed by atoms with E-state index in [4.69, 9.17) is 17.3 Å². The van der Waals surface area contributed by atoms with Crippen molar-refractivity contribution in [3.8, 4) is 0 Å².